The van der Waals surface area contributed by atoms with Crippen LogP contribution >= 0.6 is 0 Å². The molecular weight excluding hydrogens is 641 g/mol. The van der Waals surface area contributed by atoms with Gasteiger partial charge in [0.05, 0.1) is 46.6 Å². The monoisotopic (exact) mass is 672 g/mol. The molecule has 2 aromatic heterocycles. The molecule has 47 heavy (non-hydrogen) atoms. The topological polar surface area (TPSA) is 167 Å². The lowest BCUT2D eigenvalue weighted by molar-refractivity contribution is -0.387. The highest BCUT2D eigenvalue weighted by Gasteiger charge is 2.39. The van der Waals surface area contributed by atoms with Gasteiger partial charge >= 0.3 is 0 Å². The Kier molecular flexibility index (Phi) is 8.58. The van der Waals surface area contributed by atoms with E-state index in [2.05, 4.69) is 30.7 Å². The number of sulfonamides is 1. The first-order valence-corrected chi connectivity index (χ1v) is 20.0. The number of nitro groups is 1. The minimum atomic E-state index is -4.56. The van der Waals surface area contributed by atoms with E-state index in [0.29, 0.717) is 45.8 Å². The number of anilines is 1. The Balaban J connectivity index is 1.52. The molecule has 0 amide bonds. The number of fused-ring (bicyclic) bond motifs is 2. The first-order valence-electron chi connectivity index (χ1n) is 14.9. The minimum Gasteiger partial charge on any atom is -0.493 e. The predicted octanol–water partition coefficient (Wildman–Crippen LogP) is 6.50. The SMILES string of the molecule is C[Si](C)(C)CCOCn1nc(-c2cnco2)c2cc(N(C3CCOc4cc(C#N)ccc43)S(=O)(=O)c3ccccc3[N+](=O)[O-])ccc21. The Morgan fingerprint density at radius 2 is 1.98 bits per heavy atom. The Labute approximate surface area is 272 Å². The highest BCUT2D eigenvalue weighted by molar-refractivity contribution is 7.93. The summed E-state index contributed by atoms with van der Waals surface area (Å²) in [6.07, 6.45) is 3.05. The highest BCUT2D eigenvalue weighted by Crippen LogP contribution is 2.44. The number of para-hydroxylation sites is 1. The molecule has 1 aliphatic heterocycles. The van der Waals surface area contributed by atoms with Crippen LogP contribution < -0.4 is 9.04 Å². The maximum absolute atomic E-state index is 14.7. The van der Waals surface area contributed by atoms with Gasteiger partial charge in [-0.3, -0.25) is 14.4 Å². The molecule has 13 nitrogen and oxygen atoms in total. The van der Waals surface area contributed by atoms with Crippen LogP contribution in [0.5, 0.6) is 5.75 Å². The van der Waals surface area contributed by atoms with Crippen LogP contribution in [0.4, 0.5) is 11.4 Å². The van der Waals surface area contributed by atoms with Crippen molar-refractivity contribution in [3.8, 4) is 23.3 Å². The van der Waals surface area contributed by atoms with Crippen LogP contribution in [0.15, 0.2) is 82.6 Å². The third-order valence-electron chi connectivity index (χ3n) is 7.90. The highest BCUT2D eigenvalue weighted by atomic mass is 32.2. The summed E-state index contributed by atoms with van der Waals surface area (Å²) in [4.78, 5) is 14.9. The molecule has 3 aromatic carbocycles. The Morgan fingerprint density at radius 1 is 1.17 bits per heavy atom. The quantitative estimate of drug-likeness (QED) is 0.0654. The lowest BCUT2D eigenvalue weighted by atomic mass is 9.98. The number of hydrogen-bond donors (Lipinski definition) is 0. The van der Waals surface area contributed by atoms with Crippen molar-refractivity contribution >= 4 is 40.4 Å². The number of benzene rings is 3. The van der Waals surface area contributed by atoms with Crippen molar-refractivity contribution in [3.05, 3.63) is 94.5 Å². The van der Waals surface area contributed by atoms with Crippen LogP contribution in [-0.2, 0) is 21.5 Å². The fourth-order valence-corrected chi connectivity index (χ4v) is 8.12. The standard InChI is InChI=1S/C32H32N6O7SSi/c1-47(2,3)15-14-43-21-36-26-11-9-23(17-25(26)32(35-36)30-19-34-20-45-30)37(46(41,42)31-7-5-4-6-28(31)38(39)40)27-12-13-44-29-16-22(18-33)8-10-24(27)29/h4-11,16-17,19-20,27H,12-15,21H2,1-3H3. The molecule has 0 saturated carbocycles. The second-order valence-corrected chi connectivity index (χ2v) is 19.7. The molecular formula is C32H32N6O7SSi. The number of oxazole rings is 1. The van der Waals surface area contributed by atoms with Crippen molar-refractivity contribution in [1.29, 1.82) is 5.26 Å². The zero-order valence-electron chi connectivity index (χ0n) is 26.0. The number of aromatic nitrogens is 3. The van der Waals surface area contributed by atoms with Gasteiger partial charge in [-0.05, 0) is 42.4 Å². The Hall–Kier alpha value is -5.04. The van der Waals surface area contributed by atoms with Gasteiger partial charge in [-0.2, -0.15) is 10.4 Å². The maximum atomic E-state index is 14.7. The smallest absolute Gasteiger partial charge is 0.289 e. The molecule has 0 spiro atoms. The van der Waals surface area contributed by atoms with E-state index in [1.165, 1.54) is 41.2 Å². The zero-order chi connectivity index (χ0) is 33.3. The van der Waals surface area contributed by atoms with Crippen molar-refractivity contribution in [2.45, 2.75) is 49.8 Å². The largest absolute Gasteiger partial charge is 0.493 e. The van der Waals surface area contributed by atoms with Crippen LogP contribution in [0.25, 0.3) is 22.4 Å². The van der Waals surface area contributed by atoms with Gasteiger partial charge in [0.2, 0.25) is 0 Å². The van der Waals surface area contributed by atoms with E-state index < -0.39 is 39.6 Å². The lowest BCUT2D eigenvalue weighted by Crippen LogP contribution is -2.38. The average molecular weight is 673 g/mol. The molecule has 0 N–H and O–H groups in total. The van der Waals surface area contributed by atoms with Gasteiger partial charge in [-0.1, -0.05) is 37.8 Å². The van der Waals surface area contributed by atoms with Crippen molar-refractivity contribution in [2.24, 2.45) is 0 Å². The maximum Gasteiger partial charge on any atom is 0.289 e. The number of hydrogen-bond acceptors (Lipinski definition) is 10. The van der Waals surface area contributed by atoms with E-state index in [4.69, 9.17) is 19.0 Å². The molecule has 0 radical (unpaired) electrons. The van der Waals surface area contributed by atoms with Gasteiger partial charge in [0.15, 0.2) is 17.0 Å². The summed E-state index contributed by atoms with van der Waals surface area (Å²) >= 11 is 0. The van der Waals surface area contributed by atoms with Gasteiger partial charge in [0.1, 0.15) is 18.2 Å². The first-order chi connectivity index (χ1) is 22.5. The van der Waals surface area contributed by atoms with Crippen LogP contribution in [0, 0.1) is 21.4 Å². The van der Waals surface area contributed by atoms with Gasteiger partial charge < -0.3 is 13.9 Å². The third-order valence-corrected chi connectivity index (χ3v) is 11.5. The minimum absolute atomic E-state index is 0.160. The molecule has 242 valence electrons. The number of nitriles is 1. The molecule has 5 aromatic rings. The van der Waals surface area contributed by atoms with Crippen LogP contribution in [0.2, 0.25) is 25.7 Å². The van der Waals surface area contributed by atoms with Gasteiger partial charge in [0.25, 0.3) is 15.7 Å². The van der Waals surface area contributed by atoms with Crippen molar-refractivity contribution < 1.29 is 27.2 Å². The van der Waals surface area contributed by atoms with E-state index in [1.807, 2.05) is 0 Å². The second kappa shape index (κ2) is 12.6. The molecule has 15 heteroatoms. The third kappa shape index (κ3) is 6.35. The zero-order valence-corrected chi connectivity index (χ0v) is 27.8. The van der Waals surface area contributed by atoms with E-state index in [9.17, 15) is 23.8 Å². The molecule has 0 saturated heterocycles. The summed E-state index contributed by atoms with van der Waals surface area (Å²) in [5, 5.41) is 26.8. The van der Waals surface area contributed by atoms with E-state index in [1.54, 1.807) is 41.1 Å². The summed E-state index contributed by atoms with van der Waals surface area (Å²) in [5.74, 6) is 0.747. The Bertz CT molecular complexity index is 2100. The molecule has 1 atom stereocenters. The second-order valence-electron chi connectivity index (χ2n) is 12.3. The average Bonchev–Trinajstić information content (AvgIpc) is 3.71. The van der Waals surface area contributed by atoms with E-state index in [0.717, 1.165) is 6.04 Å². The summed E-state index contributed by atoms with van der Waals surface area (Å²) < 4.78 is 49.7. The normalized spacial score (nSPS) is 14.7. The summed E-state index contributed by atoms with van der Waals surface area (Å²) in [6, 6.07) is 17.4. The van der Waals surface area contributed by atoms with Gasteiger partial charge in [0, 0.05) is 38.1 Å². The molecule has 0 fully saturated rings. The number of nitro benzene ring substituents is 1. The summed E-state index contributed by atoms with van der Waals surface area (Å²) in [7, 11) is -5.88. The van der Waals surface area contributed by atoms with E-state index in [-0.39, 0.29) is 25.4 Å². The Morgan fingerprint density at radius 3 is 2.70 bits per heavy atom. The lowest BCUT2D eigenvalue weighted by Gasteiger charge is -2.36. The van der Waals surface area contributed by atoms with Crippen molar-refractivity contribution in [2.75, 3.05) is 17.5 Å². The van der Waals surface area contributed by atoms with Crippen LogP contribution in [-0.4, -0.2) is 49.4 Å². The molecule has 3 heterocycles. The van der Waals surface area contributed by atoms with Gasteiger partial charge in [-0.25, -0.2) is 18.1 Å². The molecule has 0 bridgehead atoms. The van der Waals surface area contributed by atoms with Crippen molar-refractivity contribution in [1.82, 2.24) is 14.8 Å². The number of rotatable bonds is 11. The molecule has 6 rings (SSSR count). The summed E-state index contributed by atoms with van der Waals surface area (Å²) in [6.45, 7) is 7.71. The summed E-state index contributed by atoms with van der Waals surface area (Å²) in [5.41, 5.74) is 1.69. The molecule has 1 unspecified atom stereocenters. The number of ether oxygens (including phenoxy) is 2. The number of nitrogens with zero attached hydrogens (tertiary/aromatic N) is 6. The van der Waals surface area contributed by atoms with E-state index >= 15 is 0 Å². The van der Waals surface area contributed by atoms with Crippen LogP contribution in [0.3, 0.4) is 0 Å². The van der Waals surface area contributed by atoms with Crippen LogP contribution in [0.1, 0.15) is 23.6 Å². The fourth-order valence-electron chi connectivity index (χ4n) is 5.55. The molecule has 1 aliphatic rings. The first kappa shape index (κ1) is 31.9. The van der Waals surface area contributed by atoms with Crippen molar-refractivity contribution in [3.63, 3.8) is 0 Å². The fraction of sp³-hybridized carbons (Fsp3) is 0.281. The predicted molar refractivity (Wildman–Crippen MR) is 176 cm³/mol. The molecule has 0 aliphatic carbocycles. The van der Waals surface area contributed by atoms with Gasteiger partial charge in [-0.15, -0.1) is 0 Å².